The summed E-state index contributed by atoms with van der Waals surface area (Å²) in [6.45, 7) is 0. The summed E-state index contributed by atoms with van der Waals surface area (Å²) in [5, 5.41) is 9.71. The second kappa shape index (κ2) is 4.93. The molecule has 0 aliphatic carbocycles. The molecule has 0 aliphatic rings. The predicted molar refractivity (Wildman–Crippen MR) is 70.5 cm³/mol. The summed E-state index contributed by atoms with van der Waals surface area (Å²) in [6, 6.07) is 7.40. The van der Waals surface area contributed by atoms with Crippen LogP contribution in [0.2, 0.25) is 0 Å². The minimum atomic E-state index is -1.01. The third kappa shape index (κ3) is 2.53. The number of thioether (sulfide) groups is 1. The third-order valence-corrected chi connectivity index (χ3v) is 3.26. The van der Waals surface area contributed by atoms with Gasteiger partial charge in [-0.05, 0) is 18.4 Å². The standard InChI is InChI=1S/C11H9BrN2O2S/c1-17-11-13-8(9(14-11)10(15)16)6-3-2-4-7(12)5-6/h2-5H,1H3,(H,13,14)(H,15,16). The molecule has 4 nitrogen and oxygen atoms in total. The highest BCUT2D eigenvalue weighted by Gasteiger charge is 2.17. The van der Waals surface area contributed by atoms with E-state index in [0.29, 0.717) is 10.9 Å². The van der Waals surface area contributed by atoms with Gasteiger partial charge in [0.1, 0.15) is 5.69 Å². The predicted octanol–water partition coefficient (Wildman–Crippen LogP) is 3.26. The van der Waals surface area contributed by atoms with Crippen LogP contribution >= 0.6 is 27.7 Å². The van der Waals surface area contributed by atoms with E-state index in [-0.39, 0.29) is 5.69 Å². The zero-order valence-electron chi connectivity index (χ0n) is 8.90. The Bertz CT molecular complexity index is 568. The number of hydrogen-bond donors (Lipinski definition) is 2. The molecular formula is C11H9BrN2O2S. The quantitative estimate of drug-likeness (QED) is 0.854. The van der Waals surface area contributed by atoms with Gasteiger partial charge in [0.05, 0.1) is 0 Å². The molecule has 2 N–H and O–H groups in total. The smallest absolute Gasteiger partial charge is 0.354 e. The van der Waals surface area contributed by atoms with E-state index in [1.165, 1.54) is 11.8 Å². The fourth-order valence-electron chi connectivity index (χ4n) is 1.45. The molecule has 0 aliphatic heterocycles. The number of carbonyl (C=O) groups is 1. The summed E-state index contributed by atoms with van der Waals surface area (Å²) in [5.74, 6) is -1.01. The van der Waals surface area contributed by atoms with Crippen LogP contribution < -0.4 is 0 Å². The van der Waals surface area contributed by atoms with Crippen molar-refractivity contribution in [2.24, 2.45) is 0 Å². The number of nitrogens with zero attached hydrogens (tertiary/aromatic N) is 1. The minimum Gasteiger partial charge on any atom is -0.477 e. The number of rotatable bonds is 3. The van der Waals surface area contributed by atoms with Crippen molar-refractivity contribution in [2.75, 3.05) is 6.26 Å². The molecule has 0 bridgehead atoms. The van der Waals surface area contributed by atoms with Crippen LogP contribution in [-0.2, 0) is 0 Å². The number of benzene rings is 1. The Balaban J connectivity index is 2.57. The van der Waals surface area contributed by atoms with E-state index in [9.17, 15) is 4.79 Å². The number of aromatic amines is 1. The highest BCUT2D eigenvalue weighted by atomic mass is 79.9. The first kappa shape index (κ1) is 12.2. The summed E-state index contributed by atoms with van der Waals surface area (Å²) in [4.78, 5) is 18.2. The fourth-order valence-corrected chi connectivity index (χ4v) is 2.23. The van der Waals surface area contributed by atoms with Gasteiger partial charge in [0.15, 0.2) is 10.9 Å². The van der Waals surface area contributed by atoms with Gasteiger partial charge in [-0.25, -0.2) is 9.78 Å². The number of aromatic nitrogens is 2. The molecule has 0 atom stereocenters. The number of nitrogens with one attached hydrogen (secondary N) is 1. The normalized spacial score (nSPS) is 10.5. The summed E-state index contributed by atoms with van der Waals surface area (Å²) in [6.07, 6.45) is 1.84. The van der Waals surface area contributed by atoms with Crippen molar-refractivity contribution in [3.63, 3.8) is 0 Å². The highest BCUT2D eigenvalue weighted by Crippen LogP contribution is 2.26. The summed E-state index contributed by atoms with van der Waals surface area (Å²) in [7, 11) is 0. The molecule has 0 amide bonds. The van der Waals surface area contributed by atoms with Crippen LogP contribution in [0.4, 0.5) is 0 Å². The van der Waals surface area contributed by atoms with Crippen LogP contribution in [0.3, 0.4) is 0 Å². The Labute approximate surface area is 111 Å². The largest absolute Gasteiger partial charge is 0.477 e. The molecule has 0 spiro atoms. The van der Waals surface area contributed by atoms with Gasteiger partial charge in [0, 0.05) is 10.0 Å². The molecule has 0 fully saturated rings. The molecular weight excluding hydrogens is 304 g/mol. The third-order valence-electron chi connectivity index (χ3n) is 2.19. The first-order chi connectivity index (χ1) is 8.11. The van der Waals surface area contributed by atoms with E-state index in [1.807, 2.05) is 30.5 Å². The van der Waals surface area contributed by atoms with E-state index >= 15 is 0 Å². The molecule has 0 radical (unpaired) electrons. The number of H-pyrrole nitrogens is 1. The number of hydrogen-bond acceptors (Lipinski definition) is 3. The van der Waals surface area contributed by atoms with E-state index in [0.717, 1.165) is 10.0 Å². The maximum atomic E-state index is 11.1. The average molecular weight is 313 g/mol. The monoisotopic (exact) mass is 312 g/mol. The summed E-state index contributed by atoms with van der Waals surface area (Å²) < 4.78 is 0.889. The lowest BCUT2D eigenvalue weighted by molar-refractivity contribution is 0.0691. The maximum Gasteiger partial charge on any atom is 0.354 e. The van der Waals surface area contributed by atoms with Gasteiger partial charge < -0.3 is 10.1 Å². The molecule has 0 unspecified atom stereocenters. The second-order valence-electron chi connectivity index (χ2n) is 3.29. The molecule has 88 valence electrons. The molecule has 17 heavy (non-hydrogen) atoms. The van der Waals surface area contributed by atoms with E-state index in [2.05, 4.69) is 25.9 Å². The average Bonchev–Trinajstić information content (AvgIpc) is 2.73. The molecule has 2 rings (SSSR count). The van der Waals surface area contributed by atoms with Crippen LogP contribution in [-0.4, -0.2) is 27.3 Å². The zero-order chi connectivity index (χ0) is 12.4. The van der Waals surface area contributed by atoms with E-state index in [1.54, 1.807) is 0 Å². The molecule has 6 heteroatoms. The molecule has 0 saturated carbocycles. The first-order valence-corrected chi connectivity index (χ1v) is 6.77. The number of halogens is 1. The van der Waals surface area contributed by atoms with Crippen molar-refractivity contribution >= 4 is 33.7 Å². The number of carboxylic acid groups (broad SMARTS) is 1. The van der Waals surface area contributed by atoms with Gasteiger partial charge in [-0.1, -0.05) is 39.8 Å². The fraction of sp³-hybridized carbons (Fsp3) is 0.0909. The Morgan fingerprint density at radius 1 is 1.53 bits per heavy atom. The molecule has 1 heterocycles. The van der Waals surface area contributed by atoms with E-state index in [4.69, 9.17) is 5.11 Å². The highest BCUT2D eigenvalue weighted by molar-refractivity contribution is 9.10. The minimum absolute atomic E-state index is 0.118. The Morgan fingerprint density at radius 3 is 2.88 bits per heavy atom. The Kier molecular flexibility index (Phi) is 3.54. The first-order valence-electron chi connectivity index (χ1n) is 4.75. The summed E-state index contributed by atoms with van der Waals surface area (Å²) in [5.41, 5.74) is 1.35. The van der Waals surface area contributed by atoms with Gasteiger partial charge >= 0.3 is 5.97 Å². The number of imidazole rings is 1. The second-order valence-corrected chi connectivity index (χ2v) is 5.00. The zero-order valence-corrected chi connectivity index (χ0v) is 11.3. The molecule has 1 aromatic carbocycles. The van der Waals surface area contributed by atoms with Gasteiger partial charge in [-0.15, -0.1) is 0 Å². The van der Waals surface area contributed by atoms with Crippen molar-refractivity contribution in [3.8, 4) is 11.3 Å². The Morgan fingerprint density at radius 2 is 2.29 bits per heavy atom. The van der Waals surface area contributed by atoms with Gasteiger partial charge in [-0.2, -0.15) is 0 Å². The maximum absolute atomic E-state index is 11.1. The van der Waals surface area contributed by atoms with Crippen molar-refractivity contribution in [1.29, 1.82) is 0 Å². The SMILES string of the molecule is CSc1nc(-c2cccc(Br)c2)c(C(=O)O)[nH]1. The lowest BCUT2D eigenvalue weighted by Crippen LogP contribution is -1.99. The van der Waals surface area contributed by atoms with Crippen LogP contribution in [0, 0.1) is 0 Å². The lowest BCUT2D eigenvalue weighted by atomic mass is 10.1. The van der Waals surface area contributed by atoms with Crippen molar-refractivity contribution in [1.82, 2.24) is 9.97 Å². The van der Waals surface area contributed by atoms with Crippen LogP contribution in [0.15, 0.2) is 33.9 Å². The van der Waals surface area contributed by atoms with Crippen molar-refractivity contribution < 1.29 is 9.90 Å². The molecule has 0 saturated heterocycles. The van der Waals surface area contributed by atoms with Crippen molar-refractivity contribution in [3.05, 3.63) is 34.4 Å². The topological polar surface area (TPSA) is 66.0 Å². The molecule has 1 aromatic heterocycles. The van der Waals surface area contributed by atoms with Crippen LogP contribution in [0.1, 0.15) is 10.5 Å². The molecule has 2 aromatic rings. The number of carboxylic acids is 1. The van der Waals surface area contributed by atoms with Crippen molar-refractivity contribution in [2.45, 2.75) is 5.16 Å². The van der Waals surface area contributed by atoms with Gasteiger partial charge in [0.2, 0.25) is 0 Å². The number of aromatic carboxylic acids is 1. The lowest BCUT2D eigenvalue weighted by Gasteiger charge is -1.99. The van der Waals surface area contributed by atoms with Gasteiger partial charge in [0.25, 0.3) is 0 Å². The van der Waals surface area contributed by atoms with E-state index < -0.39 is 5.97 Å². The van der Waals surface area contributed by atoms with Gasteiger partial charge in [-0.3, -0.25) is 0 Å². The Hall–Kier alpha value is -1.27. The van der Waals surface area contributed by atoms with Crippen LogP contribution in [0.5, 0.6) is 0 Å². The summed E-state index contributed by atoms with van der Waals surface area (Å²) >= 11 is 4.73. The van der Waals surface area contributed by atoms with Crippen LogP contribution in [0.25, 0.3) is 11.3 Å².